The van der Waals surface area contributed by atoms with Crippen molar-refractivity contribution < 1.29 is 0 Å². The average Bonchev–Trinajstić information content (AvgIpc) is 3.13. The number of nitrogens with zero attached hydrogens (tertiary/aromatic N) is 4. The van der Waals surface area contributed by atoms with Gasteiger partial charge in [0.1, 0.15) is 0 Å². The summed E-state index contributed by atoms with van der Waals surface area (Å²) in [6.45, 7) is 2.45. The number of anilines is 2. The average molecular weight is 388 g/mol. The number of nitrogens with one attached hydrogen (secondary N) is 2. The number of aryl methyl sites for hydroxylation is 1. The van der Waals surface area contributed by atoms with E-state index in [1.165, 1.54) is 4.52 Å². The molecule has 2 N–H and O–H groups in total. The van der Waals surface area contributed by atoms with Crippen molar-refractivity contribution in [3.05, 3.63) is 87.3 Å². The zero-order valence-corrected chi connectivity index (χ0v) is 16.8. The molecule has 29 heavy (non-hydrogen) atoms. The standard InChI is InChI=1S/C22H24N6O/c1-15-19(13-16-7-5-4-6-8-16)20(29)28-22(24-15)25-21(26-28)23-14-17-9-11-18(12-10-17)27(2)3/h4-12H,13-14H2,1-3H3,(H2,23,24,25,26). The van der Waals surface area contributed by atoms with E-state index in [0.29, 0.717) is 35.9 Å². The fraction of sp³-hybridized carbons (Fsp3) is 0.227. The van der Waals surface area contributed by atoms with Crippen LogP contribution >= 0.6 is 0 Å². The first-order valence-electron chi connectivity index (χ1n) is 9.53. The Kier molecular flexibility index (Phi) is 5.03. The number of rotatable bonds is 6. The number of hydrogen-bond acceptors (Lipinski definition) is 5. The summed E-state index contributed by atoms with van der Waals surface area (Å²) in [5.74, 6) is 0.886. The lowest BCUT2D eigenvalue weighted by molar-refractivity contribution is 0.857. The van der Waals surface area contributed by atoms with Gasteiger partial charge >= 0.3 is 0 Å². The number of aromatic amines is 1. The molecule has 0 saturated carbocycles. The SMILES string of the molecule is Cc1nc2nc(NCc3ccc(N(C)C)cc3)[nH]n2c(=O)c1Cc1ccccc1. The first kappa shape index (κ1) is 18.7. The summed E-state index contributed by atoms with van der Waals surface area (Å²) in [4.78, 5) is 24.0. The number of H-pyrrole nitrogens is 1. The summed E-state index contributed by atoms with van der Waals surface area (Å²) in [6, 6.07) is 18.2. The highest BCUT2D eigenvalue weighted by molar-refractivity contribution is 5.47. The zero-order valence-electron chi connectivity index (χ0n) is 16.8. The molecule has 7 nitrogen and oxygen atoms in total. The first-order chi connectivity index (χ1) is 14.0. The van der Waals surface area contributed by atoms with Crippen molar-refractivity contribution in [1.82, 2.24) is 19.6 Å². The predicted molar refractivity (Wildman–Crippen MR) is 116 cm³/mol. The molecule has 2 aromatic carbocycles. The summed E-state index contributed by atoms with van der Waals surface area (Å²) >= 11 is 0. The molecule has 148 valence electrons. The minimum Gasteiger partial charge on any atom is -0.378 e. The molecule has 0 aliphatic heterocycles. The van der Waals surface area contributed by atoms with Gasteiger partial charge in [0.15, 0.2) is 0 Å². The Labute approximate surface area is 169 Å². The number of hydrogen-bond donors (Lipinski definition) is 2. The van der Waals surface area contributed by atoms with Crippen molar-refractivity contribution >= 4 is 17.4 Å². The molecule has 0 spiro atoms. The summed E-state index contributed by atoms with van der Waals surface area (Å²) in [5, 5.41) is 6.26. The number of aromatic nitrogens is 4. The predicted octanol–water partition coefficient (Wildman–Crippen LogP) is 2.99. The van der Waals surface area contributed by atoms with Gasteiger partial charge in [-0.25, -0.2) is 4.98 Å². The van der Waals surface area contributed by atoms with Crippen LogP contribution in [-0.2, 0) is 13.0 Å². The monoisotopic (exact) mass is 388 g/mol. The molecule has 0 aliphatic carbocycles. The van der Waals surface area contributed by atoms with Crippen molar-refractivity contribution in [3.63, 3.8) is 0 Å². The second-order valence-electron chi connectivity index (χ2n) is 7.27. The van der Waals surface area contributed by atoms with E-state index in [-0.39, 0.29) is 5.56 Å². The van der Waals surface area contributed by atoms with E-state index in [9.17, 15) is 4.79 Å². The molecule has 0 fully saturated rings. The van der Waals surface area contributed by atoms with Crippen LogP contribution in [-0.4, -0.2) is 33.7 Å². The second-order valence-corrected chi connectivity index (χ2v) is 7.27. The molecule has 0 atom stereocenters. The van der Waals surface area contributed by atoms with E-state index in [0.717, 1.165) is 16.8 Å². The third-order valence-electron chi connectivity index (χ3n) is 4.93. The Morgan fingerprint density at radius 3 is 2.41 bits per heavy atom. The third kappa shape index (κ3) is 3.99. The number of benzene rings is 2. The Bertz CT molecular complexity index is 1180. The van der Waals surface area contributed by atoms with Gasteiger partial charge in [-0.15, -0.1) is 0 Å². The topological polar surface area (TPSA) is 78.3 Å². The Hall–Kier alpha value is -3.61. The molecule has 0 radical (unpaired) electrons. The lowest BCUT2D eigenvalue weighted by Crippen LogP contribution is -2.22. The molecular formula is C22H24N6O. The summed E-state index contributed by atoms with van der Waals surface area (Å²) in [6.07, 6.45) is 0.543. The molecule has 0 saturated heterocycles. The van der Waals surface area contributed by atoms with Crippen LogP contribution in [0, 0.1) is 6.92 Å². The largest absolute Gasteiger partial charge is 0.378 e. The van der Waals surface area contributed by atoms with E-state index < -0.39 is 0 Å². The molecule has 0 amide bonds. The van der Waals surface area contributed by atoms with Gasteiger partial charge in [0.25, 0.3) is 11.3 Å². The maximum absolute atomic E-state index is 13.0. The Balaban J connectivity index is 1.56. The minimum atomic E-state index is -0.118. The van der Waals surface area contributed by atoms with Crippen molar-refractivity contribution in [2.24, 2.45) is 0 Å². The van der Waals surface area contributed by atoms with Gasteiger partial charge in [-0.2, -0.15) is 9.50 Å². The summed E-state index contributed by atoms with van der Waals surface area (Å²) in [5.41, 5.74) is 4.60. The molecular weight excluding hydrogens is 364 g/mol. The molecule has 0 aliphatic rings. The van der Waals surface area contributed by atoms with Crippen molar-refractivity contribution in [2.75, 3.05) is 24.3 Å². The van der Waals surface area contributed by atoms with E-state index in [1.807, 2.05) is 51.4 Å². The molecule has 0 unspecified atom stereocenters. The number of fused-ring (bicyclic) bond motifs is 1. The van der Waals surface area contributed by atoms with Gasteiger partial charge in [-0.3, -0.25) is 9.89 Å². The Morgan fingerprint density at radius 1 is 1.00 bits per heavy atom. The van der Waals surface area contributed by atoms with Gasteiger partial charge in [-0.05, 0) is 30.2 Å². The highest BCUT2D eigenvalue weighted by Crippen LogP contribution is 2.14. The lowest BCUT2D eigenvalue weighted by atomic mass is 10.1. The molecule has 2 heterocycles. The van der Waals surface area contributed by atoms with Crippen LogP contribution in [0.2, 0.25) is 0 Å². The maximum atomic E-state index is 13.0. The van der Waals surface area contributed by atoms with Gasteiger partial charge in [-0.1, -0.05) is 42.5 Å². The molecule has 7 heteroatoms. The van der Waals surface area contributed by atoms with E-state index >= 15 is 0 Å². The van der Waals surface area contributed by atoms with Gasteiger partial charge < -0.3 is 10.2 Å². The van der Waals surface area contributed by atoms with E-state index in [2.05, 4.69) is 49.5 Å². The highest BCUT2D eigenvalue weighted by atomic mass is 16.1. The summed E-state index contributed by atoms with van der Waals surface area (Å²) in [7, 11) is 4.03. The lowest BCUT2D eigenvalue weighted by Gasteiger charge is -2.12. The smallest absolute Gasteiger partial charge is 0.277 e. The third-order valence-corrected chi connectivity index (χ3v) is 4.93. The second kappa shape index (κ2) is 7.79. The molecule has 2 aromatic heterocycles. The first-order valence-corrected chi connectivity index (χ1v) is 9.53. The van der Waals surface area contributed by atoms with Gasteiger partial charge in [0.05, 0.1) is 5.69 Å². The van der Waals surface area contributed by atoms with Crippen molar-refractivity contribution in [3.8, 4) is 0 Å². The van der Waals surface area contributed by atoms with Crippen molar-refractivity contribution in [2.45, 2.75) is 19.9 Å². The maximum Gasteiger partial charge on any atom is 0.277 e. The van der Waals surface area contributed by atoms with Crippen LogP contribution in [0.25, 0.3) is 5.78 Å². The normalized spacial score (nSPS) is 11.0. The van der Waals surface area contributed by atoms with Crippen LogP contribution in [0.1, 0.15) is 22.4 Å². The van der Waals surface area contributed by atoms with E-state index in [1.54, 1.807) is 0 Å². The minimum absolute atomic E-state index is 0.118. The van der Waals surface area contributed by atoms with Crippen LogP contribution < -0.4 is 15.8 Å². The van der Waals surface area contributed by atoms with E-state index in [4.69, 9.17) is 0 Å². The quantitative estimate of drug-likeness (QED) is 0.531. The fourth-order valence-corrected chi connectivity index (χ4v) is 3.23. The van der Waals surface area contributed by atoms with Crippen molar-refractivity contribution in [1.29, 1.82) is 0 Å². The highest BCUT2D eigenvalue weighted by Gasteiger charge is 2.13. The molecule has 4 rings (SSSR count). The fourth-order valence-electron chi connectivity index (χ4n) is 3.23. The van der Waals surface area contributed by atoms with Crippen LogP contribution in [0.15, 0.2) is 59.4 Å². The van der Waals surface area contributed by atoms with Gasteiger partial charge in [0, 0.05) is 38.3 Å². The molecule has 4 aromatic rings. The zero-order chi connectivity index (χ0) is 20.4. The van der Waals surface area contributed by atoms with Crippen LogP contribution in [0.5, 0.6) is 0 Å². The molecule has 0 bridgehead atoms. The summed E-state index contributed by atoms with van der Waals surface area (Å²) < 4.78 is 1.41. The van der Waals surface area contributed by atoms with Crippen LogP contribution in [0.3, 0.4) is 0 Å². The van der Waals surface area contributed by atoms with Gasteiger partial charge in [0.2, 0.25) is 5.95 Å². The van der Waals surface area contributed by atoms with Crippen LogP contribution in [0.4, 0.5) is 11.6 Å². The Morgan fingerprint density at radius 2 is 1.72 bits per heavy atom.